The van der Waals surface area contributed by atoms with Crippen LogP contribution in [0.2, 0.25) is 0 Å². The first-order valence-electron chi connectivity index (χ1n) is 1.11. The molecule has 0 fully saturated rings. The van der Waals surface area contributed by atoms with Crippen molar-refractivity contribution < 1.29 is 19.8 Å². The van der Waals surface area contributed by atoms with E-state index in [2.05, 4.69) is 0 Å². The molecule has 0 aliphatic carbocycles. The third-order valence-corrected chi connectivity index (χ3v) is 0.183. The first kappa shape index (κ1) is 15.7. The molecular weight excluding hydrogens is 134 g/mol. The minimum atomic E-state index is -1.82. The minimum Gasteiger partial charge on any atom is -0.473 e. The Morgan fingerprint density at radius 3 is 1.12 bits per heavy atom. The lowest BCUT2D eigenvalue weighted by molar-refractivity contribution is -0.159. The molecule has 0 unspecified atom stereocenters. The Hall–Kier alpha value is -0.750. The smallest absolute Gasteiger partial charge is 0.414 e. The molecule has 0 atom stereocenters. The van der Waals surface area contributed by atoms with Crippen LogP contribution in [0.4, 0.5) is 0 Å². The third-order valence-electron chi connectivity index (χ3n) is 0.183. The maximum atomic E-state index is 9.10. The summed E-state index contributed by atoms with van der Waals surface area (Å²) in [5.41, 5.74) is 0. The molecule has 0 saturated carbocycles. The number of hydrogen-bond acceptors (Lipinski definition) is 3. The summed E-state index contributed by atoms with van der Waals surface area (Å²) in [6, 6.07) is 0. The van der Waals surface area contributed by atoms with E-state index in [0.29, 0.717) is 0 Å². The third kappa shape index (κ3) is 8.98. The first-order chi connectivity index (χ1) is 2.64. The standard InChI is InChI=1S/C2H2O4.H3N.H2S/c3-1(4)2(5)6;;/h(H,3,4)(H,5,6);1H3;1H2. The van der Waals surface area contributed by atoms with Crippen molar-refractivity contribution in [1.29, 1.82) is 0 Å². The molecule has 0 aromatic heterocycles. The second kappa shape index (κ2) is 6.25. The van der Waals surface area contributed by atoms with Crippen molar-refractivity contribution in [3.05, 3.63) is 0 Å². The molecule has 0 saturated heterocycles. The number of aliphatic carboxylic acids is 2. The average Bonchev–Trinajstić information content (AvgIpc) is 1.36. The van der Waals surface area contributed by atoms with Gasteiger partial charge in [-0.1, -0.05) is 0 Å². The van der Waals surface area contributed by atoms with Crippen LogP contribution in [0.1, 0.15) is 0 Å². The zero-order chi connectivity index (χ0) is 5.15. The fraction of sp³-hybridized carbons (Fsp3) is 0. The van der Waals surface area contributed by atoms with Crippen molar-refractivity contribution in [3.8, 4) is 0 Å². The maximum absolute atomic E-state index is 9.10. The predicted molar refractivity (Wildman–Crippen MR) is 30.7 cm³/mol. The van der Waals surface area contributed by atoms with Crippen LogP contribution in [0.15, 0.2) is 0 Å². The summed E-state index contributed by atoms with van der Waals surface area (Å²) in [6.45, 7) is 0. The van der Waals surface area contributed by atoms with Gasteiger partial charge in [-0.05, 0) is 0 Å². The summed E-state index contributed by atoms with van der Waals surface area (Å²) in [5.74, 6) is -3.65. The molecule has 6 heteroatoms. The topological polar surface area (TPSA) is 110 Å². The van der Waals surface area contributed by atoms with E-state index in [1.807, 2.05) is 0 Å². The molecule has 5 N–H and O–H groups in total. The van der Waals surface area contributed by atoms with Gasteiger partial charge in [0.15, 0.2) is 0 Å². The monoisotopic (exact) mass is 141 g/mol. The Kier molecular flexibility index (Phi) is 12.2. The number of carbonyl (C=O) groups is 2. The van der Waals surface area contributed by atoms with Gasteiger partial charge in [-0.2, -0.15) is 13.5 Å². The Bertz CT molecular complexity index is 80.0. The van der Waals surface area contributed by atoms with E-state index >= 15 is 0 Å². The molecule has 0 aromatic rings. The van der Waals surface area contributed by atoms with Gasteiger partial charge in [0.2, 0.25) is 0 Å². The molecular formula is C2H7NO4S. The number of hydrogen-bond donors (Lipinski definition) is 3. The highest BCUT2D eigenvalue weighted by Gasteiger charge is 2.04. The zero-order valence-electron chi connectivity index (χ0n) is 3.92. The molecule has 8 heavy (non-hydrogen) atoms. The molecule has 0 rings (SSSR count). The normalized spacial score (nSPS) is 5.50. The van der Waals surface area contributed by atoms with E-state index in [4.69, 9.17) is 19.8 Å². The second-order valence-electron chi connectivity index (χ2n) is 0.610. The summed E-state index contributed by atoms with van der Waals surface area (Å²) in [7, 11) is 0. The molecule has 0 amide bonds. The van der Waals surface area contributed by atoms with Crippen LogP contribution >= 0.6 is 13.5 Å². The van der Waals surface area contributed by atoms with Crippen molar-refractivity contribution >= 4 is 25.4 Å². The van der Waals surface area contributed by atoms with Gasteiger partial charge in [-0.25, -0.2) is 9.59 Å². The molecule has 0 radical (unpaired) electrons. The first-order valence-corrected chi connectivity index (χ1v) is 1.11. The van der Waals surface area contributed by atoms with Crippen molar-refractivity contribution in [3.63, 3.8) is 0 Å². The van der Waals surface area contributed by atoms with Crippen LogP contribution in [0.5, 0.6) is 0 Å². The molecule has 0 aliphatic heterocycles. The van der Waals surface area contributed by atoms with E-state index in [1.54, 1.807) is 0 Å². The summed E-state index contributed by atoms with van der Waals surface area (Å²) < 4.78 is 0. The SMILES string of the molecule is N.O=C(O)C(=O)O.S. The molecule has 0 spiro atoms. The fourth-order valence-corrected chi connectivity index (χ4v) is 0. The Labute approximate surface area is 52.3 Å². The molecule has 50 valence electrons. The van der Waals surface area contributed by atoms with E-state index in [-0.39, 0.29) is 19.6 Å². The van der Waals surface area contributed by atoms with Crippen molar-refractivity contribution in [1.82, 2.24) is 6.15 Å². The van der Waals surface area contributed by atoms with Gasteiger partial charge >= 0.3 is 11.9 Å². The van der Waals surface area contributed by atoms with Gasteiger partial charge in [0.1, 0.15) is 0 Å². The summed E-state index contributed by atoms with van der Waals surface area (Å²) in [4.78, 5) is 18.2. The molecule has 0 aliphatic rings. The summed E-state index contributed by atoms with van der Waals surface area (Å²) in [6.07, 6.45) is 0. The molecule has 0 aromatic carbocycles. The lowest BCUT2D eigenvalue weighted by atomic mass is 10.7. The maximum Gasteiger partial charge on any atom is 0.414 e. The van der Waals surface area contributed by atoms with E-state index in [1.165, 1.54) is 0 Å². The van der Waals surface area contributed by atoms with Gasteiger partial charge in [-0.15, -0.1) is 0 Å². The van der Waals surface area contributed by atoms with Crippen molar-refractivity contribution in [2.75, 3.05) is 0 Å². The van der Waals surface area contributed by atoms with Crippen LogP contribution in [-0.2, 0) is 9.59 Å². The molecule has 0 bridgehead atoms. The van der Waals surface area contributed by atoms with Crippen LogP contribution in [0.25, 0.3) is 0 Å². The lowest BCUT2D eigenvalue weighted by Crippen LogP contribution is -2.09. The highest BCUT2D eigenvalue weighted by atomic mass is 32.1. The number of rotatable bonds is 0. The highest BCUT2D eigenvalue weighted by Crippen LogP contribution is 1.56. The summed E-state index contributed by atoms with van der Waals surface area (Å²) in [5, 5.41) is 14.8. The van der Waals surface area contributed by atoms with Crippen LogP contribution in [0.3, 0.4) is 0 Å². The quantitative estimate of drug-likeness (QED) is 0.391. The predicted octanol–water partition coefficient (Wildman–Crippen LogP) is -0.570. The van der Waals surface area contributed by atoms with Gasteiger partial charge in [0.25, 0.3) is 0 Å². The number of carboxylic acid groups (broad SMARTS) is 2. The van der Waals surface area contributed by atoms with Gasteiger partial charge in [0.05, 0.1) is 0 Å². The Morgan fingerprint density at radius 2 is 1.12 bits per heavy atom. The summed E-state index contributed by atoms with van der Waals surface area (Å²) >= 11 is 0. The average molecular weight is 141 g/mol. The minimum absolute atomic E-state index is 0. The Balaban J connectivity index is -0.000000125. The Morgan fingerprint density at radius 1 is 1.00 bits per heavy atom. The van der Waals surface area contributed by atoms with E-state index in [9.17, 15) is 0 Å². The van der Waals surface area contributed by atoms with Gasteiger partial charge in [-0.3, -0.25) is 0 Å². The van der Waals surface area contributed by atoms with Crippen molar-refractivity contribution in [2.24, 2.45) is 0 Å². The van der Waals surface area contributed by atoms with Crippen LogP contribution in [-0.4, -0.2) is 22.2 Å². The largest absolute Gasteiger partial charge is 0.473 e. The van der Waals surface area contributed by atoms with Crippen LogP contribution in [0, 0.1) is 0 Å². The molecule has 0 heterocycles. The van der Waals surface area contributed by atoms with E-state index < -0.39 is 11.9 Å². The van der Waals surface area contributed by atoms with E-state index in [0.717, 1.165) is 0 Å². The van der Waals surface area contributed by atoms with Crippen molar-refractivity contribution in [2.45, 2.75) is 0 Å². The second-order valence-corrected chi connectivity index (χ2v) is 0.610. The van der Waals surface area contributed by atoms with Gasteiger partial charge in [0, 0.05) is 0 Å². The zero-order valence-corrected chi connectivity index (χ0v) is 4.92. The fourth-order valence-electron chi connectivity index (χ4n) is 0. The lowest BCUT2D eigenvalue weighted by Gasteiger charge is -1.72. The highest BCUT2D eigenvalue weighted by molar-refractivity contribution is 7.59. The van der Waals surface area contributed by atoms with Crippen LogP contribution < -0.4 is 6.15 Å². The van der Waals surface area contributed by atoms with Gasteiger partial charge < -0.3 is 16.4 Å². The number of carboxylic acids is 2. The molecule has 5 nitrogen and oxygen atoms in total.